The summed E-state index contributed by atoms with van der Waals surface area (Å²) >= 11 is 0. The van der Waals surface area contributed by atoms with Crippen LogP contribution in [0.2, 0.25) is 0 Å². The Morgan fingerprint density at radius 1 is 1.06 bits per heavy atom. The van der Waals surface area contributed by atoms with Crippen molar-refractivity contribution in [1.82, 2.24) is 0 Å². The highest BCUT2D eigenvalue weighted by atomic mass is 19.1. The molecule has 0 aliphatic heterocycles. The third-order valence-corrected chi connectivity index (χ3v) is 2.35. The van der Waals surface area contributed by atoms with E-state index >= 15 is 0 Å². The Balaban J connectivity index is 2.16. The Labute approximate surface area is 98.7 Å². The summed E-state index contributed by atoms with van der Waals surface area (Å²) in [5, 5.41) is 0. The highest BCUT2D eigenvalue weighted by molar-refractivity contribution is 5.79. The van der Waals surface area contributed by atoms with Gasteiger partial charge in [-0.15, -0.1) is 0 Å². The maximum absolute atomic E-state index is 13.5. The summed E-state index contributed by atoms with van der Waals surface area (Å²) < 4.78 is 18.8. The summed E-state index contributed by atoms with van der Waals surface area (Å²) in [4.78, 5) is 10.7. The van der Waals surface area contributed by atoms with E-state index in [0.717, 1.165) is 5.56 Å². The van der Waals surface area contributed by atoms with E-state index in [1.165, 1.54) is 18.2 Å². The molecule has 0 bridgehead atoms. The van der Waals surface area contributed by atoms with Crippen LogP contribution in [0.25, 0.3) is 0 Å². The molecule has 0 saturated carbocycles. The standard InChI is InChI=1S/C14H11FO2/c15-13-8-4-7-12(9-16)14(13)17-10-11-5-2-1-3-6-11/h1-9H,10H2. The first-order valence-corrected chi connectivity index (χ1v) is 5.21. The molecule has 2 aromatic carbocycles. The number of ether oxygens (including phenoxy) is 1. The second kappa shape index (κ2) is 5.25. The largest absolute Gasteiger partial charge is 0.485 e. The molecule has 0 aromatic heterocycles. The first-order chi connectivity index (χ1) is 8.31. The van der Waals surface area contributed by atoms with Crippen molar-refractivity contribution in [3.05, 3.63) is 65.5 Å². The van der Waals surface area contributed by atoms with Gasteiger partial charge in [0.15, 0.2) is 17.9 Å². The van der Waals surface area contributed by atoms with Crippen LogP contribution in [0.3, 0.4) is 0 Å². The summed E-state index contributed by atoms with van der Waals surface area (Å²) in [5.74, 6) is -0.517. The number of hydrogen-bond acceptors (Lipinski definition) is 2. The van der Waals surface area contributed by atoms with Crippen molar-refractivity contribution in [3.63, 3.8) is 0 Å². The Morgan fingerprint density at radius 2 is 1.82 bits per heavy atom. The zero-order valence-corrected chi connectivity index (χ0v) is 9.10. The highest BCUT2D eigenvalue weighted by Crippen LogP contribution is 2.22. The molecule has 0 aliphatic carbocycles. The topological polar surface area (TPSA) is 26.3 Å². The normalized spacial score (nSPS) is 9.94. The number of aldehydes is 1. The molecule has 0 amide bonds. The Bertz CT molecular complexity index is 509. The van der Waals surface area contributed by atoms with Gasteiger partial charge in [0.2, 0.25) is 0 Å². The van der Waals surface area contributed by atoms with E-state index in [9.17, 15) is 9.18 Å². The van der Waals surface area contributed by atoms with Gasteiger partial charge >= 0.3 is 0 Å². The molecule has 0 fully saturated rings. The van der Waals surface area contributed by atoms with Crippen molar-refractivity contribution >= 4 is 6.29 Å². The fourth-order valence-corrected chi connectivity index (χ4v) is 1.50. The zero-order valence-electron chi connectivity index (χ0n) is 9.10. The Kier molecular flexibility index (Phi) is 3.50. The number of rotatable bonds is 4. The molecule has 0 spiro atoms. The molecule has 0 heterocycles. The van der Waals surface area contributed by atoms with Crippen LogP contribution in [0.15, 0.2) is 48.5 Å². The quantitative estimate of drug-likeness (QED) is 0.754. The highest BCUT2D eigenvalue weighted by Gasteiger charge is 2.08. The van der Waals surface area contributed by atoms with E-state index in [2.05, 4.69) is 0 Å². The van der Waals surface area contributed by atoms with Gasteiger partial charge in [-0.25, -0.2) is 4.39 Å². The number of carbonyl (C=O) groups excluding carboxylic acids is 1. The van der Waals surface area contributed by atoms with Gasteiger partial charge < -0.3 is 4.74 Å². The first-order valence-electron chi connectivity index (χ1n) is 5.21. The van der Waals surface area contributed by atoms with Gasteiger partial charge in [-0.05, 0) is 17.7 Å². The monoisotopic (exact) mass is 230 g/mol. The third kappa shape index (κ3) is 2.69. The van der Waals surface area contributed by atoms with Crippen molar-refractivity contribution in [2.24, 2.45) is 0 Å². The Morgan fingerprint density at radius 3 is 2.53 bits per heavy atom. The molecule has 0 atom stereocenters. The van der Waals surface area contributed by atoms with Gasteiger partial charge in [0.25, 0.3) is 0 Å². The zero-order chi connectivity index (χ0) is 12.1. The van der Waals surface area contributed by atoms with Gasteiger partial charge in [0, 0.05) is 0 Å². The molecule has 17 heavy (non-hydrogen) atoms. The SMILES string of the molecule is O=Cc1cccc(F)c1OCc1ccccc1. The Hall–Kier alpha value is -2.16. The first kappa shape index (κ1) is 11.3. The number of para-hydroxylation sites is 1. The second-order valence-corrected chi connectivity index (χ2v) is 3.55. The van der Waals surface area contributed by atoms with Gasteiger partial charge in [0.05, 0.1) is 5.56 Å². The molecule has 2 nitrogen and oxygen atoms in total. The van der Waals surface area contributed by atoms with Crippen molar-refractivity contribution in [2.45, 2.75) is 6.61 Å². The fourth-order valence-electron chi connectivity index (χ4n) is 1.50. The van der Waals surface area contributed by atoms with E-state index in [1.807, 2.05) is 30.3 Å². The summed E-state index contributed by atoms with van der Waals surface area (Å²) in [7, 11) is 0. The molecule has 86 valence electrons. The summed E-state index contributed by atoms with van der Waals surface area (Å²) in [6, 6.07) is 13.7. The van der Waals surface area contributed by atoms with Crippen LogP contribution >= 0.6 is 0 Å². The van der Waals surface area contributed by atoms with Crippen LogP contribution in [0.1, 0.15) is 15.9 Å². The minimum absolute atomic E-state index is 0.00588. The minimum Gasteiger partial charge on any atom is -0.485 e. The molecule has 0 radical (unpaired) electrons. The third-order valence-electron chi connectivity index (χ3n) is 2.35. The smallest absolute Gasteiger partial charge is 0.165 e. The van der Waals surface area contributed by atoms with Gasteiger partial charge in [-0.2, -0.15) is 0 Å². The van der Waals surface area contributed by atoms with E-state index in [1.54, 1.807) is 0 Å². The van der Waals surface area contributed by atoms with Crippen LogP contribution in [-0.4, -0.2) is 6.29 Å². The number of benzene rings is 2. The molecule has 0 unspecified atom stereocenters. The van der Waals surface area contributed by atoms with Crippen molar-refractivity contribution in [1.29, 1.82) is 0 Å². The van der Waals surface area contributed by atoms with E-state index in [0.29, 0.717) is 6.29 Å². The molecule has 0 aliphatic rings. The van der Waals surface area contributed by atoms with Crippen LogP contribution in [0, 0.1) is 5.82 Å². The van der Waals surface area contributed by atoms with Crippen molar-refractivity contribution in [3.8, 4) is 5.75 Å². The maximum Gasteiger partial charge on any atom is 0.165 e. The van der Waals surface area contributed by atoms with E-state index in [4.69, 9.17) is 4.74 Å². The van der Waals surface area contributed by atoms with E-state index in [-0.39, 0.29) is 17.9 Å². The lowest BCUT2D eigenvalue weighted by Crippen LogP contribution is -2.00. The molecule has 3 heteroatoms. The molecule has 2 rings (SSSR count). The number of carbonyl (C=O) groups is 1. The van der Waals surface area contributed by atoms with Crippen LogP contribution in [0.5, 0.6) is 5.75 Å². The van der Waals surface area contributed by atoms with Gasteiger partial charge in [-0.1, -0.05) is 36.4 Å². The molecule has 0 N–H and O–H groups in total. The molecule has 2 aromatic rings. The summed E-state index contributed by atoms with van der Waals surface area (Å²) in [5.41, 5.74) is 1.15. The summed E-state index contributed by atoms with van der Waals surface area (Å²) in [6.45, 7) is 0.239. The number of halogens is 1. The number of hydrogen-bond donors (Lipinski definition) is 0. The van der Waals surface area contributed by atoms with E-state index < -0.39 is 5.82 Å². The average molecular weight is 230 g/mol. The predicted molar refractivity (Wildman–Crippen MR) is 62.6 cm³/mol. The predicted octanol–water partition coefficient (Wildman–Crippen LogP) is 3.22. The molecular formula is C14H11FO2. The minimum atomic E-state index is -0.523. The second-order valence-electron chi connectivity index (χ2n) is 3.55. The van der Waals surface area contributed by atoms with Crippen molar-refractivity contribution in [2.75, 3.05) is 0 Å². The van der Waals surface area contributed by atoms with Crippen molar-refractivity contribution < 1.29 is 13.9 Å². The van der Waals surface area contributed by atoms with Crippen LogP contribution in [-0.2, 0) is 6.61 Å². The van der Waals surface area contributed by atoms with Gasteiger partial charge in [-0.3, -0.25) is 4.79 Å². The lowest BCUT2D eigenvalue weighted by atomic mass is 10.2. The fraction of sp³-hybridized carbons (Fsp3) is 0.0714. The molecular weight excluding hydrogens is 219 g/mol. The van der Waals surface area contributed by atoms with Gasteiger partial charge in [0.1, 0.15) is 6.61 Å². The maximum atomic E-state index is 13.5. The summed E-state index contributed by atoms with van der Waals surface area (Å²) in [6.07, 6.45) is 0.587. The lowest BCUT2D eigenvalue weighted by molar-refractivity contribution is 0.111. The van der Waals surface area contributed by atoms with Crippen LogP contribution < -0.4 is 4.74 Å². The lowest BCUT2D eigenvalue weighted by Gasteiger charge is -2.09. The van der Waals surface area contributed by atoms with Crippen LogP contribution in [0.4, 0.5) is 4.39 Å². The average Bonchev–Trinajstić information content (AvgIpc) is 2.38. The molecule has 0 saturated heterocycles.